The summed E-state index contributed by atoms with van der Waals surface area (Å²) in [5.74, 6) is 0.912. The highest BCUT2D eigenvalue weighted by Crippen LogP contribution is 2.38. The average Bonchev–Trinajstić information content (AvgIpc) is 3.51. The van der Waals surface area contributed by atoms with Crippen LogP contribution >= 0.6 is 0 Å². The number of hydrogen-bond donors (Lipinski definition) is 5. The highest BCUT2D eigenvalue weighted by atomic mass is 16.5. The number of fused-ring (bicyclic) bond motifs is 1. The van der Waals surface area contributed by atoms with Crippen LogP contribution in [0.2, 0.25) is 0 Å². The van der Waals surface area contributed by atoms with Crippen molar-refractivity contribution in [2.45, 2.75) is 25.2 Å². The van der Waals surface area contributed by atoms with Crippen LogP contribution in [-0.2, 0) is 12.1 Å². The second kappa shape index (κ2) is 8.26. The molecule has 1 aliphatic heterocycles. The number of aryl methyl sites for hydroxylation is 1. The number of nitrogens with zero attached hydrogens (tertiary/aromatic N) is 4. The molecule has 0 radical (unpaired) electrons. The molecule has 0 amide bonds. The van der Waals surface area contributed by atoms with Crippen molar-refractivity contribution in [3.63, 3.8) is 0 Å². The van der Waals surface area contributed by atoms with E-state index in [1.807, 2.05) is 47.9 Å². The van der Waals surface area contributed by atoms with E-state index in [0.717, 1.165) is 11.1 Å². The summed E-state index contributed by atoms with van der Waals surface area (Å²) < 4.78 is 7.52. The van der Waals surface area contributed by atoms with Crippen molar-refractivity contribution in [3.05, 3.63) is 83.4 Å². The minimum Gasteiger partial charge on any atom is -0.481 e. The molecule has 0 bridgehead atoms. The molecule has 3 aromatic heterocycles. The molecule has 1 fully saturated rings. The van der Waals surface area contributed by atoms with Crippen LogP contribution < -0.4 is 26.7 Å². The number of ether oxygens (including phenoxy) is 1. The second-order valence-electron chi connectivity index (χ2n) is 7.39. The maximum absolute atomic E-state index is 12.2. The van der Waals surface area contributed by atoms with Gasteiger partial charge in [0.25, 0.3) is 0 Å². The smallest absolute Gasteiger partial charge is 0.221 e. The molecular weight excluding hydrogens is 408 g/mol. The molecule has 1 atom stereocenters. The Morgan fingerprint density at radius 1 is 1.03 bits per heavy atom. The van der Waals surface area contributed by atoms with Crippen LogP contribution in [0.15, 0.2) is 60.9 Å². The molecule has 1 unspecified atom stereocenters. The normalized spacial score (nSPS) is 16.3. The number of imidazole rings is 1. The molecule has 164 valence electrons. The lowest BCUT2D eigenvalue weighted by atomic mass is 9.86. The molecule has 1 aromatic carbocycles. The molecule has 10 nitrogen and oxygen atoms in total. The van der Waals surface area contributed by atoms with E-state index < -0.39 is 5.60 Å². The fourth-order valence-electron chi connectivity index (χ4n) is 4.12. The van der Waals surface area contributed by atoms with Gasteiger partial charge in [-0.1, -0.05) is 30.3 Å². The van der Waals surface area contributed by atoms with E-state index in [1.54, 1.807) is 31.6 Å². The van der Waals surface area contributed by atoms with Gasteiger partial charge in [-0.05, 0) is 36.2 Å². The van der Waals surface area contributed by atoms with E-state index in [4.69, 9.17) is 9.72 Å². The van der Waals surface area contributed by atoms with Crippen molar-refractivity contribution >= 4 is 11.2 Å². The summed E-state index contributed by atoms with van der Waals surface area (Å²) in [6, 6.07) is 15.1. The highest BCUT2D eigenvalue weighted by molar-refractivity contribution is 5.75. The van der Waals surface area contributed by atoms with Gasteiger partial charge in [0.05, 0.1) is 18.2 Å². The van der Waals surface area contributed by atoms with Crippen molar-refractivity contribution in [2.24, 2.45) is 0 Å². The lowest BCUT2D eigenvalue weighted by Crippen LogP contribution is -2.33. The Bertz CT molecular complexity index is 1180. The fraction of sp³-hybridized carbons (Fsp3) is 0.227. The lowest BCUT2D eigenvalue weighted by Gasteiger charge is -2.29. The van der Waals surface area contributed by atoms with Gasteiger partial charge in [0.1, 0.15) is 6.17 Å². The Morgan fingerprint density at radius 3 is 2.38 bits per heavy atom. The third kappa shape index (κ3) is 3.22. The monoisotopic (exact) mass is 432 g/mol. The quantitative estimate of drug-likeness (QED) is 0.306. The van der Waals surface area contributed by atoms with Crippen LogP contribution in [0.1, 0.15) is 35.6 Å². The summed E-state index contributed by atoms with van der Waals surface area (Å²) in [6.07, 6.45) is 3.07. The zero-order valence-corrected chi connectivity index (χ0v) is 17.7. The largest absolute Gasteiger partial charge is 0.481 e. The van der Waals surface area contributed by atoms with Crippen LogP contribution in [0.5, 0.6) is 5.88 Å². The first kappa shape index (κ1) is 20.5. The molecule has 32 heavy (non-hydrogen) atoms. The van der Waals surface area contributed by atoms with Gasteiger partial charge in [-0.3, -0.25) is 4.98 Å². The van der Waals surface area contributed by atoms with Gasteiger partial charge in [-0.25, -0.2) is 15.8 Å². The number of pyridine rings is 2. The molecule has 0 spiro atoms. The van der Waals surface area contributed by atoms with Crippen LogP contribution in [-0.4, -0.2) is 31.7 Å². The Labute approximate surface area is 184 Å². The summed E-state index contributed by atoms with van der Waals surface area (Å²) in [4.78, 5) is 13.6. The Morgan fingerprint density at radius 2 is 1.72 bits per heavy atom. The van der Waals surface area contributed by atoms with E-state index in [1.165, 1.54) is 0 Å². The summed E-state index contributed by atoms with van der Waals surface area (Å²) in [6.45, 7) is 2.60. The Hall–Kier alpha value is -3.41. The molecule has 5 rings (SSSR count). The second-order valence-corrected chi connectivity index (χ2v) is 7.39. The van der Waals surface area contributed by atoms with E-state index in [0.29, 0.717) is 35.0 Å². The zero-order chi connectivity index (χ0) is 22.1. The maximum Gasteiger partial charge on any atom is 0.221 e. The third-order valence-corrected chi connectivity index (χ3v) is 5.66. The lowest BCUT2D eigenvalue weighted by molar-refractivity contribution is 0.112. The number of benzene rings is 1. The molecule has 0 saturated carbocycles. The van der Waals surface area contributed by atoms with Crippen molar-refractivity contribution in [2.75, 3.05) is 7.11 Å². The topological polar surface area (TPSA) is 121 Å². The van der Waals surface area contributed by atoms with Crippen molar-refractivity contribution in [3.8, 4) is 5.88 Å². The summed E-state index contributed by atoms with van der Waals surface area (Å²) in [7, 11) is 1.57. The van der Waals surface area contributed by atoms with Crippen molar-refractivity contribution in [1.29, 1.82) is 0 Å². The average molecular weight is 432 g/mol. The van der Waals surface area contributed by atoms with Crippen LogP contribution in [0, 0.1) is 0 Å². The van der Waals surface area contributed by atoms with Gasteiger partial charge < -0.3 is 14.4 Å². The molecule has 1 saturated heterocycles. The molecule has 4 heterocycles. The maximum atomic E-state index is 12.2. The van der Waals surface area contributed by atoms with Crippen LogP contribution in [0.4, 0.5) is 0 Å². The summed E-state index contributed by atoms with van der Waals surface area (Å²) >= 11 is 0. The molecule has 0 aliphatic carbocycles. The minimum atomic E-state index is -1.50. The molecular formula is C22H24N8O2. The standard InChI is InChI=1S/C22H24N8O2/c1-3-30-17-13-16(18-26-28-29-27-18)20(32-2)24-19(17)25-21(30)22(31,14-7-5-4-6-8-14)15-9-11-23-12-10-15/h4-13,18,26-29,31H,3H2,1-2H3. The predicted molar refractivity (Wildman–Crippen MR) is 118 cm³/mol. The van der Waals surface area contributed by atoms with E-state index in [9.17, 15) is 5.11 Å². The Kier molecular flexibility index (Phi) is 5.29. The fourth-order valence-corrected chi connectivity index (χ4v) is 4.12. The third-order valence-electron chi connectivity index (χ3n) is 5.66. The summed E-state index contributed by atoms with van der Waals surface area (Å²) in [5, 5.41) is 12.2. The van der Waals surface area contributed by atoms with E-state index >= 15 is 0 Å². The van der Waals surface area contributed by atoms with Gasteiger partial charge in [0, 0.05) is 18.9 Å². The van der Waals surface area contributed by atoms with Gasteiger partial charge >= 0.3 is 0 Å². The number of nitrogens with one attached hydrogen (secondary N) is 4. The predicted octanol–water partition coefficient (Wildman–Crippen LogP) is 1.25. The first-order valence-electron chi connectivity index (χ1n) is 10.3. The number of rotatable bonds is 6. The number of aliphatic hydroxyl groups is 1. The van der Waals surface area contributed by atoms with Crippen LogP contribution in [0.3, 0.4) is 0 Å². The molecule has 5 N–H and O–H groups in total. The van der Waals surface area contributed by atoms with E-state index in [-0.39, 0.29) is 6.17 Å². The van der Waals surface area contributed by atoms with Gasteiger partial charge in [0.2, 0.25) is 5.88 Å². The van der Waals surface area contributed by atoms with Gasteiger partial charge in [-0.15, -0.1) is 0 Å². The number of hydrogen-bond acceptors (Lipinski definition) is 9. The van der Waals surface area contributed by atoms with Crippen LogP contribution in [0.25, 0.3) is 11.2 Å². The summed E-state index contributed by atoms with van der Waals surface area (Å²) in [5.41, 5.74) is 13.7. The molecule has 10 heteroatoms. The SMILES string of the molecule is CCn1c(C(O)(c2ccccc2)c2ccncc2)nc2nc(OC)c(C3NNNN3)cc21. The molecule has 1 aliphatic rings. The Balaban J connectivity index is 1.78. The number of methoxy groups -OCH3 is 1. The highest BCUT2D eigenvalue weighted by Gasteiger charge is 2.39. The zero-order valence-electron chi connectivity index (χ0n) is 17.7. The number of hydrazine groups is 3. The first-order chi connectivity index (χ1) is 15.7. The van der Waals surface area contributed by atoms with Gasteiger partial charge in [-0.2, -0.15) is 16.1 Å². The van der Waals surface area contributed by atoms with Crippen molar-refractivity contribution in [1.82, 2.24) is 41.4 Å². The van der Waals surface area contributed by atoms with E-state index in [2.05, 4.69) is 31.9 Å². The number of aromatic nitrogens is 4. The molecule has 4 aromatic rings. The first-order valence-corrected chi connectivity index (χ1v) is 10.3. The van der Waals surface area contributed by atoms with Gasteiger partial charge in [0.15, 0.2) is 17.1 Å². The minimum absolute atomic E-state index is 0.265. The van der Waals surface area contributed by atoms with Crippen molar-refractivity contribution < 1.29 is 9.84 Å².